The van der Waals surface area contributed by atoms with Crippen LogP contribution in [0.3, 0.4) is 0 Å². The molecule has 0 aliphatic heterocycles. The van der Waals surface area contributed by atoms with Crippen molar-refractivity contribution in [1.29, 1.82) is 0 Å². The van der Waals surface area contributed by atoms with Gasteiger partial charge in [0, 0.05) is 23.4 Å². The minimum atomic E-state index is -0.0268. The summed E-state index contributed by atoms with van der Waals surface area (Å²) >= 11 is 1.73. The number of benzene rings is 1. The molecule has 102 valence electrons. The van der Waals surface area contributed by atoms with Crippen LogP contribution < -0.4 is 10.9 Å². The molecule has 0 aliphatic carbocycles. The van der Waals surface area contributed by atoms with Crippen molar-refractivity contribution < 1.29 is 0 Å². The van der Waals surface area contributed by atoms with Crippen molar-refractivity contribution in [3.8, 4) is 0 Å². The first-order valence-corrected chi connectivity index (χ1v) is 7.40. The van der Waals surface area contributed by atoms with Crippen molar-refractivity contribution in [3.05, 3.63) is 63.2 Å². The van der Waals surface area contributed by atoms with Gasteiger partial charge in [0.05, 0.1) is 18.1 Å². The maximum Gasteiger partial charge on any atom is 0.274 e. The van der Waals surface area contributed by atoms with Crippen LogP contribution in [0.5, 0.6) is 0 Å². The highest BCUT2D eigenvalue weighted by molar-refractivity contribution is 7.09. The second-order valence-corrected chi connectivity index (χ2v) is 5.55. The Kier molecular flexibility index (Phi) is 3.90. The van der Waals surface area contributed by atoms with Crippen LogP contribution in [-0.2, 0) is 13.1 Å². The lowest BCUT2D eigenvalue weighted by atomic mass is 10.2. The van der Waals surface area contributed by atoms with Gasteiger partial charge in [-0.15, -0.1) is 11.3 Å². The molecule has 0 atom stereocenters. The van der Waals surface area contributed by atoms with Gasteiger partial charge >= 0.3 is 0 Å². The zero-order chi connectivity index (χ0) is 13.8. The van der Waals surface area contributed by atoms with Gasteiger partial charge in [-0.05, 0) is 17.5 Å². The average molecular weight is 285 g/mol. The average Bonchev–Trinajstić information content (AvgIpc) is 2.99. The first kappa shape index (κ1) is 13.0. The van der Waals surface area contributed by atoms with Gasteiger partial charge in [-0.3, -0.25) is 4.79 Å². The normalized spacial score (nSPS) is 11.0. The molecule has 0 unspecified atom stereocenters. The molecule has 2 heterocycles. The summed E-state index contributed by atoms with van der Waals surface area (Å²) in [5.41, 5.74) is -0.0268. The van der Waals surface area contributed by atoms with E-state index in [1.54, 1.807) is 17.5 Å². The molecule has 0 saturated carbocycles. The quantitative estimate of drug-likeness (QED) is 0.731. The molecule has 0 bridgehead atoms. The Hall–Kier alpha value is -1.98. The summed E-state index contributed by atoms with van der Waals surface area (Å²) in [4.78, 5) is 13.5. The third-order valence-corrected chi connectivity index (χ3v) is 4.02. The van der Waals surface area contributed by atoms with Crippen LogP contribution in [0.15, 0.2) is 52.8 Å². The lowest BCUT2D eigenvalue weighted by molar-refractivity contribution is 0.537. The maximum atomic E-state index is 12.2. The Bertz CT molecular complexity index is 749. The van der Waals surface area contributed by atoms with Gasteiger partial charge in [-0.2, -0.15) is 5.10 Å². The molecule has 20 heavy (non-hydrogen) atoms. The number of hydrogen-bond donors (Lipinski definition) is 1. The van der Waals surface area contributed by atoms with E-state index in [0.717, 1.165) is 23.9 Å². The molecule has 0 saturated heterocycles. The monoisotopic (exact) mass is 285 g/mol. The molecule has 0 spiro atoms. The van der Waals surface area contributed by atoms with Gasteiger partial charge < -0.3 is 5.32 Å². The van der Waals surface area contributed by atoms with Crippen LogP contribution in [0, 0.1) is 0 Å². The third-order valence-electron chi connectivity index (χ3n) is 3.14. The standard InChI is InChI=1S/C15H15N3OS/c19-15-14-6-2-1-4-12(14)10-17-18(15)8-7-16-11-13-5-3-9-20-13/h1-6,9-10,16H,7-8,11H2. The van der Waals surface area contributed by atoms with Crippen molar-refractivity contribution >= 4 is 22.1 Å². The van der Waals surface area contributed by atoms with E-state index in [0.29, 0.717) is 6.54 Å². The van der Waals surface area contributed by atoms with Crippen molar-refractivity contribution in [2.75, 3.05) is 6.54 Å². The molecular weight excluding hydrogens is 270 g/mol. The summed E-state index contributed by atoms with van der Waals surface area (Å²) in [6, 6.07) is 11.7. The lowest BCUT2D eigenvalue weighted by Gasteiger charge is -2.06. The number of aromatic nitrogens is 2. The highest BCUT2D eigenvalue weighted by atomic mass is 32.1. The van der Waals surface area contributed by atoms with E-state index in [4.69, 9.17) is 0 Å². The fraction of sp³-hybridized carbons (Fsp3) is 0.200. The first-order chi connectivity index (χ1) is 9.84. The van der Waals surface area contributed by atoms with Crippen LogP contribution in [0.1, 0.15) is 4.88 Å². The van der Waals surface area contributed by atoms with Crippen molar-refractivity contribution in [3.63, 3.8) is 0 Å². The molecular formula is C15H15N3OS. The Balaban J connectivity index is 1.66. The van der Waals surface area contributed by atoms with Gasteiger partial charge in [-0.1, -0.05) is 24.3 Å². The van der Waals surface area contributed by atoms with E-state index in [1.807, 2.05) is 30.3 Å². The van der Waals surface area contributed by atoms with Crippen molar-refractivity contribution in [1.82, 2.24) is 15.1 Å². The van der Waals surface area contributed by atoms with Gasteiger partial charge in [0.15, 0.2) is 0 Å². The van der Waals surface area contributed by atoms with E-state index in [-0.39, 0.29) is 5.56 Å². The van der Waals surface area contributed by atoms with Gasteiger partial charge in [0.1, 0.15) is 0 Å². The maximum absolute atomic E-state index is 12.2. The summed E-state index contributed by atoms with van der Waals surface area (Å²) in [6.07, 6.45) is 1.75. The molecule has 0 radical (unpaired) electrons. The summed E-state index contributed by atoms with van der Waals surface area (Å²) in [7, 11) is 0. The molecule has 0 aliphatic rings. The van der Waals surface area contributed by atoms with Gasteiger partial charge in [0.2, 0.25) is 0 Å². The first-order valence-electron chi connectivity index (χ1n) is 6.52. The zero-order valence-electron chi connectivity index (χ0n) is 11.0. The van der Waals surface area contributed by atoms with Crippen molar-refractivity contribution in [2.24, 2.45) is 0 Å². The summed E-state index contributed by atoms with van der Waals surface area (Å²) in [5.74, 6) is 0. The predicted molar refractivity (Wildman–Crippen MR) is 82.0 cm³/mol. The molecule has 1 aromatic carbocycles. The summed E-state index contributed by atoms with van der Waals surface area (Å²) in [5, 5.41) is 11.2. The minimum Gasteiger partial charge on any atom is -0.310 e. The molecule has 0 fully saturated rings. The second-order valence-electron chi connectivity index (χ2n) is 4.52. The summed E-state index contributed by atoms with van der Waals surface area (Å²) < 4.78 is 1.52. The smallest absolute Gasteiger partial charge is 0.274 e. The number of rotatable bonds is 5. The number of nitrogens with zero attached hydrogens (tertiary/aromatic N) is 2. The van der Waals surface area contributed by atoms with Crippen LogP contribution in [0.25, 0.3) is 10.8 Å². The van der Waals surface area contributed by atoms with Crippen LogP contribution in [-0.4, -0.2) is 16.3 Å². The number of hydrogen-bond acceptors (Lipinski definition) is 4. The Morgan fingerprint density at radius 1 is 1.20 bits per heavy atom. The number of thiophene rings is 1. The lowest BCUT2D eigenvalue weighted by Crippen LogP contribution is -2.28. The van der Waals surface area contributed by atoms with E-state index in [2.05, 4.69) is 21.9 Å². The number of nitrogens with one attached hydrogen (secondary N) is 1. The minimum absolute atomic E-state index is 0.0268. The van der Waals surface area contributed by atoms with Gasteiger partial charge in [-0.25, -0.2) is 4.68 Å². The van der Waals surface area contributed by atoms with Crippen LogP contribution in [0.4, 0.5) is 0 Å². The molecule has 1 N–H and O–H groups in total. The SMILES string of the molecule is O=c1c2ccccc2cnn1CCNCc1cccs1. The Morgan fingerprint density at radius 3 is 2.95 bits per heavy atom. The largest absolute Gasteiger partial charge is 0.310 e. The van der Waals surface area contributed by atoms with E-state index >= 15 is 0 Å². The molecule has 5 heteroatoms. The predicted octanol–water partition coefficient (Wildman–Crippen LogP) is 2.25. The highest BCUT2D eigenvalue weighted by Gasteiger charge is 2.02. The zero-order valence-corrected chi connectivity index (χ0v) is 11.8. The van der Waals surface area contributed by atoms with Gasteiger partial charge in [0.25, 0.3) is 5.56 Å². The molecule has 0 amide bonds. The fourth-order valence-corrected chi connectivity index (χ4v) is 2.77. The van der Waals surface area contributed by atoms with E-state index < -0.39 is 0 Å². The van der Waals surface area contributed by atoms with Crippen molar-refractivity contribution in [2.45, 2.75) is 13.1 Å². The highest BCUT2D eigenvalue weighted by Crippen LogP contribution is 2.07. The topological polar surface area (TPSA) is 46.9 Å². The second kappa shape index (κ2) is 5.98. The Labute approximate surface area is 120 Å². The molecule has 3 rings (SSSR count). The molecule has 3 aromatic rings. The summed E-state index contributed by atoms with van der Waals surface area (Å²) in [6.45, 7) is 2.14. The van der Waals surface area contributed by atoms with Crippen LogP contribution >= 0.6 is 11.3 Å². The van der Waals surface area contributed by atoms with Crippen LogP contribution in [0.2, 0.25) is 0 Å². The fourth-order valence-electron chi connectivity index (χ4n) is 2.10. The molecule has 2 aromatic heterocycles. The van der Waals surface area contributed by atoms with E-state index in [1.165, 1.54) is 9.56 Å². The molecule has 4 nitrogen and oxygen atoms in total. The number of fused-ring (bicyclic) bond motifs is 1. The van der Waals surface area contributed by atoms with E-state index in [9.17, 15) is 4.79 Å². The third kappa shape index (κ3) is 2.79. The Morgan fingerprint density at radius 2 is 2.10 bits per heavy atom.